The topological polar surface area (TPSA) is 290 Å². The Morgan fingerprint density at radius 3 is 2.21 bits per heavy atom. The molecule has 3 saturated heterocycles. The number of likely N-dealkylation sites (N-methyl/N-ethyl adjacent to an activating group) is 1. The van der Waals surface area contributed by atoms with E-state index in [1.54, 1.807) is 60.1 Å². The van der Waals surface area contributed by atoms with Crippen LogP contribution in [0.5, 0.6) is 0 Å². The highest BCUT2D eigenvalue weighted by atomic mass is 19.1. The predicted molar refractivity (Wildman–Crippen MR) is 310 cm³/mol. The first-order chi connectivity index (χ1) is 40.8. The van der Waals surface area contributed by atoms with Gasteiger partial charge in [-0.2, -0.15) is 0 Å². The van der Waals surface area contributed by atoms with Gasteiger partial charge in [0.15, 0.2) is 12.6 Å². The second kappa shape index (κ2) is 31.4. The summed E-state index contributed by atoms with van der Waals surface area (Å²) in [6.45, 7) is 17.0. The lowest BCUT2D eigenvalue weighted by atomic mass is 9.73. The van der Waals surface area contributed by atoms with E-state index in [0.29, 0.717) is 54.2 Å². The molecule has 6 rings (SSSR count). The highest BCUT2D eigenvalue weighted by molar-refractivity contribution is 5.88. The molecule has 3 aliphatic rings. The van der Waals surface area contributed by atoms with E-state index in [1.807, 2.05) is 63.9 Å². The van der Waals surface area contributed by atoms with Gasteiger partial charge in [0.25, 0.3) is 5.69 Å². The van der Waals surface area contributed by atoms with E-state index in [4.69, 9.17) is 52.2 Å². The van der Waals surface area contributed by atoms with Crippen LogP contribution < -0.4 is 4.73 Å². The molecule has 486 valence electrons. The van der Waals surface area contributed by atoms with Crippen LogP contribution in [0.4, 0.5) is 4.39 Å². The van der Waals surface area contributed by atoms with Crippen molar-refractivity contribution in [2.75, 3.05) is 68.7 Å². The maximum Gasteiger partial charge on any atom is 0.311 e. The van der Waals surface area contributed by atoms with Crippen molar-refractivity contribution < 1.29 is 96.9 Å². The molecule has 0 aliphatic carbocycles. The van der Waals surface area contributed by atoms with Gasteiger partial charge in [0.2, 0.25) is 13.0 Å². The maximum atomic E-state index is 15.1. The average molecular weight is 1220 g/mol. The molecule has 0 radical (unpaired) electrons. The van der Waals surface area contributed by atoms with Gasteiger partial charge in [0.1, 0.15) is 49.3 Å². The van der Waals surface area contributed by atoms with E-state index in [2.05, 4.69) is 15.5 Å². The minimum Gasteiger partial charge on any atom is -0.459 e. The molecular formula is C61H98FN6O18+. The Labute approximate surface area is 505 Å². The Balaban J connectivity index is 1.30. The summed E-state index contributed by atoms with van der Waals surface area (Å²) in [6, 6.07) is 9.33. The van der Waals surface area contributed by atoms with Crippen molar-refractivity contribution in [2.24, 2.45) is 28.8 Å². The third kappa shape index (κ3) is 16.5. The van der Waals surface area contributed by atoms with Crippen molar-refractivity contribution in [1.82, 2.24) is 19.9 Å². The van der Waals surface area contributed by atoms with Gasteiger partial charge in [0.05, 0.1) is 77.8 Å². The molecule has 20 atom stereocenters. The number of halogens is 1. The molecule has 0 spiro atoms. The molecule has 3 fully saturated rings. The normalized spacial score (nSPS) is 35.5. The molecule has 0 amide bonds. The number of carbonyl (C=O) groups is 1. The summed E-state index contributed by atoms with van der Waals surface area (Å²) >= 11 is 0. The Morgan fingerprint density at radius 2 is 1.59 bits per heavy atom. The number of aliphatic hydroxyl groups is 5. The summed E-state index contributed by atoms with van der Waals surface area (Å²) in [7, 11) is 7.95. The fourth-order valence-corrected chi connectivity index (χ4v) is 12.6. The summed E-state index contributed by atoms with van der Waals surface area (Å²) in [4.78, 5) is 22.5. The van der Waals surface area contributed by atoms with Crippen molar-refractivity contribution in [2.45, 2.75) is 204 Å². The molecular weight excluding hydrogens is 1120 g/mol. The van der Waals surface area contributed by atoms with E-state index in [0.717, 1.165) is 10.3 Å². The zero-order valence-electron chi connectivity index (χ0n) is 52.9. The van der Waals surface area contributed by atoms with Crippen LogP contribution in [0.1, 0.15) is 124 Å². The molecule has 6 N–H and O–H groups in total. The van der Waals surface area contributed by atoms with Crippen LogP contribution in [0.25, 0.3) is 11.1 Å². The quantitative estimate of drug-likeness (QED) is 0.0178. The number of carbonyl (C=O) groups excluding carboxylic acids is 1. The number of cyclic esters (lactones) is 1. The first-order valence-electron chi connectivity index (χ1n) is 29.9. The van der Waals surface area contributed by atoms with Gasteiger partial charge in [-0.15, -0.1) is 5.10 Å². The van der Waals surface area contributed by atoms with Gasteiger partial charge in [-0.1, -0.05) is 62.3 Å². The van der Waals surface area contributed by atoms with Gasteiger partial charge < -0.3 is 82.6 Å². The molecule has 3 aliphatic heterocycles. The van der Waals surface area contributed by atoms with Gasteiger partial charge in [-0.05, 0) is 85.0 Å². The number of aliphatic hydroxyl groups excluding tert-OH is 4. The van der Waals surface area contributed by atoms with E-state index in [9.17, 15) is 35.5 Å². The van der Waals surface area contributed by atoms with Crippen LogP contribution in [0.15, 0.2) is 53.9 Å². The number of oxime groups is 1. The molecule has 5 heterocycles. The van der Waals surface area contributed by atoms with Crippen LogP contribution >= 0.6 is 0 Å². The van der Waals surface area contributed by atoms with Crippen LogP contribution in [0, 0.1) is 23.7 Å². The van der Waals surface area contributed by atoms with E-state index in [-0.39, 0.29) is 39.3 Å². The third-order valence-electron chi connectivity index (χ3n) is 18.1. The highest BCUT2D eigenvalue weighted by Gasteiger charge is 2.54. The second-order valence-electron chi connectivity index (χ2n) is 24.3. The maximum absolute atomic E-state index is 15.1. The Hall–Kier alpha value is -4.42. The van der Waals surface area contributed by atoms with Crippen molar-refractivity contribution >= 4 is 11.7 Å². The van der Waals surface area contributed by atoms with Crippen LogP contribution in [-0.4, -0.2) is 215 Å². The summed E-state index contributed by atoms with van der Waals surface area (Å²) in [5.41, 5.74) is -1.03. The lowest BCUT2D eigenvalue weighted by Gasteiger charge is -2.50. The van der Waals surface area contributed by atoms with E-state index < -0.39 is 133 Å². The van der Waals surface area contributed by atoms with Crippen LogP contribution in [0.3, 0.4) is 0 Å². The number of hydrogen-bond acceptors (Lipinski definition) is 22. The number of aromatic nitrogens is 4. The van der Waals surface area contributed by atoms with Crippen LogP contribution in [-0.2, 0) is 70.0 Å². The molecule has 0 bridgehead atoms. The predicted octanol–water partition coefficient (Wildman–Crippen LogP) is 4.65. The van der Waals surface area contributed by atoms with Gasteiger partial charge >= 0.3 is 5.97 Å². The number of ether oxygens (including phenoxy) is 10. The third-order valence-corrected chi connectivity index (χ3v) is 18.1. The Bertz CT molecular complexity index is 2600. The molecule has 2 aromatic heterocycles. The van der Waals surface area contributed by atoms with Gasteiger partial charge in [-0.25, -0.2) is 9.07 Å². The van der Waals surface area contributed by atoms with Crippen molar-refractivity contribution in [1.29, 1.82) is 0 Å². The lowest BCUT2D eigenvalue weighted by molar-refractivity contribution is -0.910. The number of alkyl halides is 1. The SMILES string of the molecule is CC[C@H]1OC(=O)[C@H](C)[C@@H](O[C@H]2C[C@@](C)(OC)[C@@H](O)[C@H](C)O2)[C@H](C)[C@@H](O[C@@H]2O[C@H](C)C[C@H](N(C)CCc3cn([C@H](CF)[C@H](OC)c4ccc(-c5ccc(CO)[n+](O)c5)cc4)nn3)[C@H]2O)[C@](C)(OC)C[C@@H](C)/C(=N\OCOCCOC)[C@H](C)[C@@H](O)[C@]1(C)O. The Kier molecular flexibility index (Phi) is 25.8. The smallest absolute Gasteiger partial charge is 0.311 e. The molecule has 24 nitrogen and oxygen atoms in total. The monoisotopic (exact) mass is 1220 g/mol. The fraction of sp³-hybridized carbons (Fsp3) is 0.754. The number of benzene rings is 1. The van der Waals surface area contributed by atoms with Crippen molar-refractivity contribution in [3.8, 4) is 11.1 Å². The standard InChI is InChI=1S/C61H98FN6O18/c1-16-48-61(10,74)54(71)37(4)50(64-81-34-80-26-25-76-12)35(2)28-60(9,79-15)56(38(5)52(39(6)57(73)84-48)85-49-29-59(8,78-14)55(72)40(7)83-49)86-58-51(70)46(27-36(3)82-58)66(11)24-23-44-32-67(65-63-44)47(30-62)53(77-13)42-19-17-41(18-20-42)43-21-22-45(33-69)68(75)31-43/h17-22,31-32,35-40,46-49,51-56,58,69-72,74-75H,16,23-30,33-34H2,1-15H3/q+1/b64-50+/t35-,36-,37+,38+,39-,40+,46+,47-,48-,49+,51-,52+,53-,54-,55+,56-,58+,59-,60-,61-/m1/s1. The molecule has 0 saturated carbocycles. The number of nitrogens with zero attached hydrogens (tertiary/aromatic N) is 6. The molecule has 0 unspecified atom stereocenters. The number of pyridine rings is 1. The fourth-order valence-electron chi connectivity index (χ4n) is 12.6. The van der Waals surface area contributed by atoms with Crippen molar-refractivity contribution in [3.05, 3.63) is 65.7 Å². The number of methoxy groups -OCH3 is 4. The summed E-state index contributed by atoms with van der Waals surface area (Å²) in [5, 5.41) is 81.2. The molecule has 1 aromatic carbocycles. The van der Waals surface area contributed by atoms with Gasteiger partial charge in [-0.3, -0.25) is 10.0 Å². The highest BCUT2D eigenvalue weighted by Crippen LogP contribution is 2.43. The van der Waals surface area contributed by atoms with E-state index >= 15 is 4.39 Å². The summed E-state index contributed by atoms with van der Waals surface area (Å²) in [6.07, 6.45) is -7.19. The van der Waals surface area contributed by atoms with Crippen molar-refractivity contribution in [3.63, 3.8) is 0 Å². The second-order valence-corrected chi connectivity index (χ2v) is 24.3. The minimum absolute atomic E-state index is 0.0673. The minimum atomic E-state index is -2.00. The molecule has 86 heavy (non-hydrogen) atoms. The number of rotatable bonds is 24. The first kappa shape index (κ1) is 70.7. The summed E-state index contributed by atoms with van der Waals surface area (Å²) < 4.78 is 79.5. The molecule has 3 aromatic rings. The number of hydrogen-bond donors (Lipinski definition) is 6. The zero-order chi connectivity index (χ0) is 63.4. The largest absolute Gasteiger partial charge is 0.459 e. The Morgan fingerprint density at radius 1 is 0.907 bits per heavy atom. The first-order valence-corrected chi connectivity index (χ1v) is 29.9. The zero-order valence-corrected chi connectivity index (χ0v) is 52.9. The van der Waals surface area contributed by atoms with Gasteiger partial charge in [0, 0.05) is 88.6 Å². The summed E-state index contributed by atoms with van der Waals surface area (Å²) in [5.74, 6) is -4.14. The number of esters is 1. The average Bonchev–Trinajstić information content (AvgIpc) is 1.50. The van der Waals surface area contributed by atoms with E-state index in [1.165, 1.54) is 39.1 Å². The lowest BCUT2D eigenvalue weighted by Crippen LogP contribution is -2.61. The molecule has 25 heteroatoms. The van der Waals surface area contributed by atoms with Crippen LogP contribution in [0.2, 0.25) is 0 Å².